The van der Waals surface area contributed by atoms with Crippen LogP contribution in [0.1, 0.15) is 25.8 Å². The van der Waals surface area contributed by atoms with E-state index in [2.05, 4.69) is 10.1 Å². The van der Waals surface area contributed by atoms with Crippen LogP contribution in [-0.4, -0.2) is 23.9 Å². The zero-order valence-electron chi connectivity index (χ0n) is 10.9. The van der Waals surface area contributed by atoms with Crippen molar-refractivity contribution < 1.29 is 18.6 Å². The minimum absolute atomic E-state index is 0.0324. The molecule has 3 nitrogen and oxygen atoms in total. The van der Waals surface area contributed by atoms with Crippen molar-refractivity contribution in [2.45, 2.75) is 39.0 Å². The highest BCUT2D eigenvalue weighted by atomic mass is 35.5. The Balaban J connectivity index is 2.63. The summed E-state index contributed by atoms with van der Waals surface area (Å²) in [6.45, 7) is 1.69. The molecule has 1 rings (SSSR count). The van der Waals surface area contributed by atoms with Gasteiger partial charge in [-0.15, -0.1) is 0 Å². The molecule has 0 saturated carbocycles. The maximum absolute atomic E-state index is 12.1. The Bertz CT molecular complexity index is 414. The predicted octanol–water partition coefficient (Wildman–Crippen LogP) is 3.19. The Morgan fingerprint density at radius 2 is 2.11 bits per heavy atom. The van der Waals surface area contributed by atoms with Crippen molar-refractivity contribution in [3.05, 3.63) is 28.8 Å². The molecule has 0 radical (unpaired) electrons. The number of hydrogen-bond donors (Lipinski definition) is 2. The van der Waals surface area contributed by atoms with Gasteiger partial charge in [0.2, 0.25) is 0 Å². The first kappa shape index (κ1) is 16.1. The van der Waals surface area contributed by atoms with Gasteiger partial charge in [0, 0.05) is 18.7 Å². The van der Waals surface area contributed by atoms with Gasteiger partial charge in [0.1, 0.15) is 5.75 Å². The number of hydrogen-bond acceptors (Lipinski definition) is 3. The zero-order valence-corrected chi connectivity index (χ0v) is 11.7. The van der Waals surface area contributed by atoms with Gasteiger partial charge in [-0.1, -0.05) is 17.7 Å². The number of aliphatic hydroxyl groups is 1. The van der Waals surface area contributed by atoms with Gasteiger partial charge in [-0.3, -0.25) is 0 Å². The van der Waals surface area contributed by atoms with Crippen LogP contribution >= 0.6 is 11.6 Å². The fourth-order valence-corrected chi connectivity index (χ4v) is 1.80. The van der Waals surface area contributed by atoms with Crippen molar-refractivity contribution in [1.29, 1.82) is 0 Å². The lowest BCUT2D eigenvalue weighted by molar-refractivity contribution is -0.0497. The molecule has 0 atom stereocenters. The summed E-state index contributed by atoms with van der Waals surface area (Å²) < 4.78 is 28.4. The van der Waals surface area contributed by atoms with Crippen LogP contribution in [-0.2, 0) is 6.54 Å². The van der Waals surface area contributed by atoms with E-state index in [9.17, 15) is 8.78 Å². The largest absolute Gasteiger partial charge is 0.433 e. The number of aliphatic hydroxyl groups excluding tert-OH is 1. The number of ether oxygens (including phenoxy) is 1. The highest BCUT2D eigenvalue weighted by Gasteiger charge is 2.16. The van der Waals surface area contributed by atoms with Crippen LogP contribution in [0.3, 0.4) is 0 Å². The molecule has 1 aromatic carbocycles. The fourth-order valence-electron chi connectivity index (χ4n) is 1.56. The van der Waals surface area contributed by atoms with Crippen molar-refractivity contribution in [2.75, 3.05) is 6.61 Å². The van der Waals surface area contributed by atoms with Crippen LogP contribution in [0.15, 0.2) is 18.2 Å². The quantitative estimate of drug-likeness (QED) is 0.811. The van der Waals surface area contributed by atoms with E-state index in [-0.39, 0.29) is 22.9 Å². The Kier molecular flexibility index (Phi) is 5.97. The Morgan fingerprint density at radius 3 is 2.63 bits per heavy atom. The average Bonchev–Trinajstić information content (AvgIpc) is 2.29. The van der Waals surface area contributed by atoms with Crippen LogP contribution in [0.5, 0.6) is 5.75 Å². The summed E-state index contributed by atoms with van der Waals surface area (Å²) in [7, 11) is 0. The van der Waals surface area contributed by atoms with Crippen molar-refractivity contribution in [1.82, 2.24) is 5.32 Å². The van der Waals surface area contributed by atoms with Gasteiger partial charge in [0.25, 0.3) is 0 Å². The molecule has 0 aliphatic rings. The first-order valence-electron chi connectivity index (χ1n) is 5.93. The number of alkyl halides is 2. The van der Waals surface area contributed by atoms with E-state index < -0.39 is 6.61 Å². The maximum Gasteiger partial charge on any atom is 0.387 e. The van der Waals surface area contributed by atoms with Crippen molar-refractivity contribution in [2.24, 2.45) is 0 Å². The molecule has 6 heteroatoms. The van der Waals surface area contributed by atoms with Gasteiger partial charge < -0.3 is 15.2 Å². The molecule has 0 aliphatic carbocycles. The second-order valence-corrected chi connectivity index (χ2v) is 5.26. The second-order valence-electron chi connectivity index (χ2n) is 4.85. The smallest absolute Gasteiger partial charge is 0.387 e. The van der Waals surface area contributed by atoms with Gasteiger partial charge in [0.05, 0.1) is 5.02 Å². The lowest BCUT2D eigenvalue weighted by Crippen LogP contribution is -2.39. The average molecular weight is 294 g/mol. The summed E-state index contributed by atoms with van der Waals surface area (Å²) >= 11 is 5.86. The summed E-state index contributed by atoms with van der Waals surface area (Å²) in [5.41, 5.74) is 0.650. The highest BCUT2D eigenvalue weighted by molar-refractivity contribution is 6.32. The van der Waals surface area contributed by atoms with Crippen molar-refractivity contribution in [3.63, 3.8) is 0 Å². The number of nitrogens with one attached hydrogen (secondary N) is 1. The first-order valence-corrected chi connectivity index (χ1v) is 6.31. The molecule has 108 valence electrons. The second kappa shape index (κ2) is 7.03. The fraction of sp³-hybridized carbons (Fsp3) is 0.538. The Morgan fingerprint density at radius 1 is 1.42 bits per heavy atom. The molecule has 0 saturated heterocycles. The van der Waals surface area contributed by atoms with E-state index in [0.29, 0.717) is 13.0 Å². The monoisotopic (exact) mass is 293 g/mol. The van der Waals surface area contributed by atoms with Gasteiger partial charge in [-0.05, 0) is 38.0 Å². The zero-order chi connectivity index (χ0) is 14.5. The maximum atomic E-state index is 12.1. The number of benzene rings is 1. The summed E-state index contributed by atoms with van der Waals surface area (Å²) in [6, 6.07) is 4.68. The molecule has 0 amide bonds. The summed E-state index contributed by atoms with van der Waals surface area (Å²) in [6.07, 6.45) is 0.618. The molecule has 2 N–H and O–H groups in total. The van der Waals surface area contributed by atoms with Crippen LogP contribution < -0.4 is 10.1 Å². The molecule has 0 fully saturated rings. The van der Waals surface area contributed by atoms with Crippen molar-refractivity contribution >= 4 is 11.6 Å². The van der Waals surface area contributed by atoms with Crippen LogP contribution in [0, 0.1) is 0 Å². The lowest BCUT2D eigenvalue weighted by atomic mass is 10.0. The Hall–Kier alpha value is -0.910. The molecule has 0 bridgehead atoms. The normalized spacial score (nSPS) is 11.9. The summed E-state index contributed by atoms with van der Waals surface area (Å²) in [4.78, 5) is 0. The van der Waals surface area contributed by atoms with E-state index in [4.69, 9.17) is 16.7 Å². The number of halogens is 3. The molecule has 0 aromatic heterocycles. The first-order chi connectivity index (χ1) is 8.84. The van der Waals surface area contributed by atoms with E-state index in [1.165, 1.54) is 6.07 Å². The van der Waals surface area contributed by atoms with E-state index in [1.807, 2.05) is 13.8 Å². The van der Waals surface area contributed by atoms with Crippen LogP contribution in [0.4, 0.5) is 8.78 Å². The lowest BCUT2D eigenvalue weighted by Gasteiger charge is -2.25. The molecule has 1 aromatic rings. The van der Waals surface area contributed by atoms with Crippen LogP contribution in [0.25, 0.3) is 0 Å². The minimum atomic E-state index is -2.88. The molecular weight excluding hydrogens is 276 g/mol. The topological polar surface area (TPSA) is 41.5 Å². The third-order valence-corrected chi connectivity index (χ3v) is 3.02. The molecule has 0 unspecified atom stereocenters. The summed E-state index contributed by atoms with van der Waals surface area (Å²) in [5.74, 6) is -0.0324. The molecule has 0 aliphatic heterocycles. The van der Waals surface area contributed by atoms with Gasteiger partial charge in [-0.2, -0.15) is 8.78 Å². The van der Waals surface area contributed by atoms with Gasteiger partial charge in [-0.25, -0.2) is 0 Å². The van der Waals surface area contributed by atoms with E-state index in [1.54, 1.807) is 12.1 Å². The third kappa shape index (κ3) is 5.72. The molecule has 0 spiro atoms. The molecule has 0 heterocycles. The van der Waals surface area contributed by atoms with Gasteiger partial charge >= 0.3 is 6.61 Å². The van der Waals surface area contributed by atoms with E-state index >= 15 is 0 Å². The molecular formula is C13H18ClF2NO2. The number of rotatable bonds is 7. The SMILES string of the molecule is CC(C)(CCO)NCc1ccc(OC(F)F)c(Cl)c1. The van der Waals surface area contributed by atoms with Gasteiger partial charge in [0.15, 0.2) is 0 Å². The highest BCUT2D eigenvalue weighted by Crippen LogP contribution is 2.27. The minimum Gasteiger partial charge on any atom is -0.433 e. The van der Waals surface area contributed by atoms with Crippen molar-refractivity contribution in [3.8, 4) is 5.75 Å². The Labute approximate surface area is 116 Å². The standard InChI is InChI=1S/C13H18ClF2NO2/c1-13(2,5-6-18)17-8-9-3-4-11(10(14)7-9)19-12(15)16/h3-4,7,12,17-18H,5-6,8H2,1-2H3. The van der Waals surface area contributed by atoms with Crippen LogP contribution in [0.2, 0.25) is 5.02 Å². The molecule has 19 heavy (non-hydrogen) atoms. The third-order valence-electron chi connectivity index (χ3n) is 2.72. The van der Waals surface area contributed by atoms with E-state index in [0.717, 1.165) is 5.56 Å². The predicted molar refractivity (Wildman–Crippen MR) is 70.7 cm³/mol. The summed E-state index contributed by atoms with van der Waals surface area (Å²) in [5, 5.41) is 12.3.